The number of carbonyl (C=O) groups is 6. The van der Waals surface area contributed by atoms with E-state index in [-0.39, 0.29) is 31.1 Å². The molecule has 1 rings (SSSR count). The van der Waals surface area contributed by atoms with Crippen LogP contribution in [0.2, 0.25) is 0 Å². The van der Waals surface area contributed by atoms with Gasteiger partial charge in [0.15, 0.2) is 5.96 Å². The van der Waals surface area contributed by atoms with Gasteiger partial charge in [0.2, 0.25) is 23.6 Å². The summed E-state index contributed by atoms with van der Waals surface area (Å²) in [5.41, 5.74) is 22.2. The lowest BCUT2D eigenvalue weighted by Gasteiger charge is -2.25. The number of aliphatic carboxylic acids is 2. The third-order valence-electron chi connectivity index (χ3n) is 5.61. The summed E-state index contributed by atoms with van der Waals surface area (Å²) in [5.74, 6) is -6.77. The molecule has 17 heteroatoms. The van der Waals surface area contributed by atoms with Crippen molar-refractivity contribution in [3.8, 4) is 5.75 Å². The average molecular weight is 581 g/mol. The molecular weight excluding hydrogens is 544 g/mol. The van der Waals surface area contributed by atoms with E-state index in [2.05, 4.69) is 20.9 Å². The summed E-state index contributed by atoms with van der Waals surface area (Å²) in [6.45, 7) is 0.217. The SMILES string of the molecule is NC(=O)CC(NC(=O)C(Cc1ccc(O)cc1)NC(=O)C(N)CCCN=C(N)N)C(=O)NC(CCC(=O)O)C(=O)O. The molecule has 226 valence electrons. The number of hydrogen-bond acceptors (Lipinski definition) is 9. The first-order chi connectivity index (χ1) is 19.2. The molecule has 0 fully saturated rings. The first kappa shape index (κ1) is 34.1. The van der Waals surface area contributed by atoms with E-state index in [1.165, 1.54) is 24.3 Å². The number of phenolic OH excluding ortho intramolecular Hbond substituents is 1. The molecule has 1 aromatic rings. The van der Waals surface area contributed by atoms with E-state index in [1.54, 1.807) is 0 Å². The summed E-state index contributed by atoms with van der Waals surface area (Å²) in [6.07, 6.45) is -1.37. The van der Waals surface area contributed by atoms with Crippen LogP contribution in [0.25, 0.3) is 0 Å². The van der Waals surface area contributed by atoms with Crippen LogP contribution in [-0.4, -0.2) is 87.6 Å². The number of amides is 4. The summed E-state index contributed by atoms with van der Waals surface area (Å²) in [4.78, 5) is 76.5. The van der Waals surface area contributed by atoms with Crippen LogP contribution in [0.15, 0.2) is 29.3 Å². The minimum absolute atomic E-state index is 0.0457. The smallest absolute Gasteiger partial charge is 0.326 e. The number of primary amides is 1. The molecule has 0 heterocycles. The van der Waals surface area contributed by atoms with Gasteiger partial charge in [0.1, 0.15) is 23.9 Å². The molecule has 0 saturated carbocycles. The molecule has 41 heavy (non-hydrogen) atoms. The van der Waals surface area contributed by atoms with E-state index in [4.69, 9.17) is 28.0 Å². The standard InChI is InChI=1S/C24H36N8O9/c25-14(2-1-9-29-24(27)28)20(37)31-16(10-12-3-5-13(33)6-4-12)21(38)32-17(11-18(26)34)22(39)30-15(23(40)41)7-8-19(35)36/h3-6,14-17,33H,1-2,7-11,25H2,(H2,26,34)(H,30,39)(H,31,37)(H,32,38)(H,35,36)(H,40,41)(H4,27,28,29). The number of carbonyl (C=O) groups excluding carboxylic acids is 4. The van der Waals surface area contributed by atoms with E-state index < -0.39 is 79.0 Å². The molecule has 1 aromatic carbocycles. The average Bonchev–Trinajstić information content (AvgIpc) is 2.88. The monoisotopic (exact) mass is 580 g/mol. The van der Waals surface area contributed by atoms with Gasteiger partial charge in [0, 0.05) is 19.4 Å². The van der Waals surface area contributed by atoms with Gasteiger partial charge in [-0.25, -0.2) is 4.79 Å². The third kappa shape index (κ3) is 13.6. The predicted molar refractivity (Wildman–Crippen MR) is 144 cm³/mol. The molecule has 0 radical (unpaired) electrons. The molecule has 17 nitrogen and oxygen atoms in total. The van der Waals surface area contributed by atoms with Gasteiger partial charge in [-0.05, 0) is 37.0 Å². The number of carboxylic acid groups (broad SMARTS) is 2. The Morgan fingerprint density at radius 2 is 1.37 bits per heavy atom. The lowest BCUT2D eigenvalue weighted by Crippen LogP contribution is -2.58. The Hall–Kier alpha value is -4.93. The lowest BCUT2D eigenvalue weighted by molar-refractivity contribution is -0.143. The van der Waals surface area contributed by atoms with E-state index in [0.29, 0.717) is 12.0 Å². The number of phenols is 1. The number of hydrogen-bond donors (Lipinski definition) is 10. The lowest BCUT2D eigenvalue weighted by atomic mass is 10.0. The van der Waals surface area contributed by atoms with Crippen molar-refractivity contribution in [2.45, 2.75) is 62.7 Å². The van der Waals surface area contributed by atoms with Crippen LogP contribution in [0.3, 0.4) is 0 Å². The van der Waals surface area contributed by atoms with Crippen LogP contribution in [0.5, 0.6) is 5.75 Å². The van der Waals surface area contributed by atoms with Crippen molar-refractivity contribution < 1.29 is 44.1 Å². The molecule has 4 amide bonds. The van der Waals surface area contributed by atoms with Gasteiger partial charge < -0.3 is 54.2 Å². The maximum Gasteiger partial charge on any atom is 0.326 e. The zero-order chi connectivity index (χ0) is 31.1. The van der Waals surface area contributed by atoms with Crippen molar-refractivity contribution in [2.75, 3.05) is 6.54 Å². The van der Waals surface area contributed by atoms with Crippen LogP contribution >= 0.6 is 0 Å². The highest BCUT2D eigenvalue weighted by Crippen LogP contribution is 2.12. The first-order valence-corrected chi connectivity index (χ1v) is 12.4. The number of nitrogens with one attached hydrogen (secondary N) is 3. The van der Waals surface area contributed by atoms with E-state index in [9.17, 15) is 39.0 Å². The van der Waals surface area contributed by atoms with Crippen LogP contribution in [0, 0.1) is 0 Å². The van der Waals surface area contributed by atoms with Gasteiger partial charge in [0.05, 0.1) is 12.5 Å². The second-order valence-corrected chi connectivity index (χ2v) is 9.05. The Morgan fingerprint density at radius 1 is 0.805 bits per heavy atom. The highest BCUT2D eigenvalue weighted by Gasteiger charge is 2.31. The second kappa shape index (κ2) is 16.9. The van der Waals surface area contributed by atoms with Gasteiger partial charge in [-0.2, -0.15) is 0 Å². The van der Waals surface area contributed by atoms with Gasteiger partial charge >= 0.3 is 11.9 Å². The minimum atomic E-state index is -1.65. The second-order valence-electron chi connectivity index (χ2n) is 9.05. The zero-order valence-electron chi connectivity index (χ0n) is 22.1. The normalized spacial score (nSPS) is 13.5. The van der Waals surface area contributed by atoms with Gasteiger partial charge in [-0.15, -0.1) is 0 Å². The van der Waals surface area contributed by atoms with Crippen molar-refractivity contribution in [2.24, 2.45) is 27.9 Å². The Balaban J connectivity index is 3.10. The number of guanidine groups is 1. The number of aromatic hydroxyl groups is 1. The topological polar surface area (TPSA) is 316 Å². The Morgan fingerprint density at radius 3 is 1.90 bits per heavy atom. The Labute approximate surface area is 234 Å². The van der Waals surface area contributed by atoms with Crippen LogP contribution in [-0.2, 0) is 35.2 Å². The summed E-state index contributed by atoms with van der Waals surface area (Å²) in [5, 5.41) is 34.5. The molecule has 4 atom stereocenters. The summed E-state index contributed by atoms with van der Waals surface area (Å²) >= 11 is 0. The maximum atomic E-state index is 13.3. The van der Waals surface area contributed by atoms with Crippen molar-refractivity contribution in [3.05, 3.63) is 29.8 Å². The fraction of sp³-hybridized carbons (Fsp3) is 0.458. The molecule has 0 spiro atoms. The molecule has 0 aromatic heterocycles. The van der Waals surface area contributed by atoms with Crippen LogP contribution in [0.4, 0.5) is 0 Å². The quantitative estimate of drug-likeness (QED) is 0.0461. The third-order valence-corrected chi connectivity index (χ3v) is 5.61. The molecule has 0 saturated heterocycles. The number of rotatable bonds is 18. The Bertz CT molecular complexity index is 1120. The van der Waals surface area contributed by atoms with E-state index in [1.807, 2.05) is 0 Å². The van der Waals surface area contributed by atoms with Crippen LogP contribution < -0.4 is 38.9 Å². The fourth-order valence-electron chi connectivity index (χ4n) is 3.49. The van der Waals surface area contributed by atoms with Crippen molar-refractivity contribution >= 4 is 41.5 Å². The van der Waals surface area contributed by atoms with Crippen molar-refractivity contribution in [3.63, 3.8) is 0 Å². The molecule has 0 bridgehead atoms. The summed E-state index contributed by atoms with van der Waals surface area (Å²) in [6, 6.07) is 0.0158. The zero-order valence-corrected chi connectivity index (χ0v) is 22.1. The largest absolute Gasteiger partial charge is 0.508 e. The van der Waals surface area contributed by atoms with E-state index >= 15 is 0 Å². The number of nitrogens with zero attached hydrogens (tertiary/aromatic N) is 1. The molecule has 0 aliphatic heterocycles. The van der Waals surface area contributed by atoms with Crippen molar-refractivity contribution in [1.82, 2.24) is 16.0 Å². The Kier molecular flexibility index (Phi) is 14.1. The molecule has 4 unspecified atom stereocenters. The molecule has 14 N–H and O–H groups in total. The number of benzene rings is 1. The predicted octanol–water partition coefficient (Wildman–Crippen LogP) is -3.41. The van der Waals surface area contributed by atoms with Gasteiger partial charge in [-0.1, -0.05) is 12.1 Å². The van der Waals surface area contributed by atoms with E-state index in [0.717, 1.165) is 0 Å². The first-order valence-electron chi connectivity index (χ1n) is 12.4. The number of carboxylic acids is 2. The molecule has 0 aliphatic carbocycles. The highest BCUT2D eigenvalue weighted by atomic mass is 16.4. The molecular formula is C24H36N8O9. The summed E-state index contributed by atoms with van der Waals surface area (Å²) in [7, 11) is 0. The summed E-state index contributed by atoms with van der Waals surface area (Å²) < 4.78 is 0. The van der Waals surface area contributed by atoms with Gasteiger partial charge in [-0.3, -0.25) is 29.0 Å². The van der Waals surface area contributed by atoms with Crippen LogP contribution in [0.1, 0.15) is 37.7 Å². The molecule has 0 aliphatic rings. The minimum Gasteiger partial charge on any atom is -0.508 e. The number of nitrogens with two attached hydrogens (primary N) is 4. The van der Waals surface area contributed by atoms with Gasteiger partial charge in [0.25, 0.3) is 0 Å². The van der Waals surface area contributed by atoms with Crippen molar-refractivity contribution in [1.29, 1.82) is 0 Å². The number of aliphatic imine (C=N–C) groups is 1. The fourth-order valence-corrected chi connectivity index (χ4v) is 3.49. The maximum absolute atomic E-state index is 13.3. The highest BCUT2D eigenvalue weighted by molar-refractivity contribution is 5.96.